The number of alkyl halides is 3. The number of benzene rings is 2. The Morgan fingerprint density at radius 1 is 1.03 bits per heavy atom. The molecule has 0 saturated carbocycles. The molecule has 2 aromatic rings. The summed E-state index contributed by atoms with van der Waals surface area (Å²) in [4.78, 5) is 36.4. The van der Waals surface area contributed by atoms with Crippen LogP contribution in [0.4, 0.5) is 18.0 Å². The van der Waals surface area contributed by atoms with Crippen molar-refractivity contribution in [2.75, 3.05) is 19.7 Å². The maximum Gasteiger partial charge on any atom is 0.417 e. The summed E-state index contributed by atoms with van der Waals surface area (Å²) in [5.41, 5.74) is 3.80. The van der Waals surface area contributed by atoms with Gasteiger partial charge in [0, 0.05) is 25.4 Å². The van der Waals surface area contributed by atoms with E-state index in [9.17, 15) is 27.6 Å². The Kier molecular flexibility index (Phi) is 7.00. The number of amides is 2. The Morgan fingerprint density at radius 2 is 1.60 bits per heavy atom. The number of carboxylic acid groups (broad SMARTS) is 1. The zero-order valence-corrected chi connectivity index (χ0v) is 18.8. The second-order valence-electron chi connectivity index (χ2n) is 8.84. The highest BCUT2D eigenvalue weighted by Gasteiger charge is 2.50. The minimum absolute atomic E-state index is 0.0288. The molecule has 35 heavy (non-hydrogen) atoms. The van der Waals surface area contributed by atoms with Crippen molar-refractivity contribution in [3.05, 3.63) is 59.7 Å². The van der Waals surface area contributed by atoms with Crippen molar-refractivity contribution in [2.45, 2.75) is 37.4 Å². The van der Waals surface area contributed by atoms with E-state index in [1.165, 1.54) is 0 Å². The van der Waals surface area contributed by atoms with Gasteiger partial charge in [0.1, 0.15) is 6.61 Å². The van der Waals surface area contributed by atoms with Crippen LogP contribution in [0.25, 0.3) is 11.1 Å². The van der Waals surface area contributed by atoms with Gasteiger partial charge in [0.05, 0.1) is 0 Å². The van der Waals surface area contributed by atoms with Gasteiger partial charge in [-0.3, -0.25) is 9.59 Å². The third-order valence-electron chi connectivity index (χ3n) is 6.45. The fourth-order valence-electron chi connectivity index (χ4n) is 4.70. The molecule has 1 aliphatic carbocycles. The summed E-state index contributed by atoms with van der Waals surface area (Å²) in [5, 5.41) is 10.4. The van der Waals surface area contributed by atoms with Crippen molar-refractivity contribution in [3.63, 3.8) is 0 Å². The first-order chi connectivity index (χ1) is 16.6. The summed E-state index contributed by atoms with van der Waals surface area (Å²) in [5.74, 6) is -2.57. The van der Waals surface area contributed by atoms with Crippen molar-refractivity contribution in [2.24, 2.45) is 5.92 Å². The highest BCUT2D eigenvalue weighted by molar-refractivity contribution is 5.87. The number of likely N-dealkylation sites (tertiary alicyclic amines) is 1. The summed E-state index contributed by atoms with van der Waals surface area (Å²) in [6, 6.07) is 12.4. The highest BCUT2D eigenvalue weighted by atomic mass is 19.4. The zero-order valence-electron chi connectivity index (χ0n) is 18.8. The number of nitrogens with zero attached hydrogens (tertiary/aromatic N) is 1. The third-order valence-corrected chi connectivity index (χ3v) is 6.45. The smallest absolute Gasteiger partial charge is 0.417 e. The number of carbonyl (C=O) groups is 3. The van der Waals surface area contributed by atoms with Gasteiger partial charge in [-0.25, -0.2) is 4.79 Å². The SMILES string of the molecule is O=C(O)CCCC1CN(C(=O)C(NC(=O)OCC2c3ccccc3-c3ccccc32)C(F)(F)F)C1. The summed E-state index contributed by atoms with van der Waals surface area (Å²) >= 11 is 0. The Balaban J connectivity index is 1.35. The van der Waals surface area contributed by atoms with Crippen LogP contribution < -0.4 is 5.32 Å². The van der Waals surface area contributed by atoms with Gasteiger partial charge >= 0.3 is 18.2 Å². The van der Waals surface area contributed by atoms with E-state index in [1.54, 1.807) is 5.32 Å². The molecule has 7 nitrogen and oxygen atoms in total. The number of hydrogen-bond acceptors (Lipinski definition) is 4. The van der Waals surface area contributed by atoms with Crippen LogP contribution in [0.1, 0.15) is 36.3 Å². The first kappa shape index (κ1) is 24.6. The van der Waals surface area contributed by atoms with Crippen LogP contribution in [0.3, 0.4) is 0 Å². The van der Waals surface area contributed by atoms with Gasteiger partial charge in [0.15, 0.2) is 0 Å². The largest absolute Gasteiger partial charge is 0.481 e. The monoisotopic (exact) mass is 490 g/mol. The molecular weight excluding hydrogens is 465 g/mol. The number of halogens is 3. The van der Waals surface area contributed by atoms with Gasteiger partial charge in [-0.1, -0.05) is 48.5 Å². The second-order valence-corrected chi connectivity index (χ2v) is 8.84. The molecule has 10 heteroatoms. The molecule has 0 radical (unpaired) electrons. The molecule has 2 amide bonds. The molecular formula is C25H25F3N2O5. The summed E-state index contributed by atoms with van der Waals surface area (Å²) < 4.78 is 45.9. The maximum absolute atomic E-state index is 13.6. The van der Waals surface area contributed by atoms with Crippen LogP contribution in [0.2, 0.25) is 0 Å². The van der Waals surface area contributed by atoms with Crippen molar-refractivity contribution >= 4 is 18.0 Å². The highest BCUT2D eigenvalue weighted by Crippen LogP contribution is 2.44. The van der Waals surface area contributed by atoms with Crippen molar-refractivity contribution in [1.82, 2.24) is 10.2 Å². The predicted octanol–water partition coefficient (Wildman–Crippen LogP) is 4.17. The van der Waals surface area contributed by atoms with Crippen LogP contribution in [0.5, 0.6) is 0 Å². The lowest BCUT2D eigenvalue weighted by Gasteiger charge is -2.41. The molecule has 1 saturated heterocycles. The molecule has 1 atom stereocenters. The Morgan fingerprint density at radius 3 is 2.14 bits per heavy atom. The van der Waals surface area contributed by atoms with Crippen LogP contribution in [-0.2, 0) is 14.3 Å². The number of carboxylic acids is 1. The molecule has 186 valence electrons. The van der Waals surface area contributed by atoms with E-state index in [4.69, 9.17) is 9.84 Å². The third kappa shape index (κ3) is 5.41. The summed E-state index contributed by atoms with van der Waals surface area (Å²) in [6.07, 6.45) is -5.44. The average Bonchev–Trinajstić information content (AvgIpc) is 3.10. The summed E-state index contributed by atoms with van der Waals surface area (Å²) in [7, 11) is 0. The lowest BCUT2D eigenvalue weighted by molar-refractivity contribution is -0.178. The number of ether oxygens (including phenoxy) is 1. The van der Waals surface area contributed by atoms with Crippen LogP contribution in [0.15, 0.2) is 48.5 Å². The van der Waals surface area contributed by atoms with E-state index >= 15 is 0 Å². The van der Waals surface area contributed by atoms with E-state index < -0.39 is 30.2 Å². The average molecular weight is 490 g/mol. The number of aliphatic carboxylic acids is 1. The van der Waals surface area contributed by atoms with Crippen molar-refractivity contribution in [1.29, 1.82) is 0 Å². The molecule has 1 heterocycles. The van der Waals surface area contributed by atoms with Gasteiger partial charge in [-0.2, -0.15) is 13.2 Å². The molecule has 0 aromatic heterocycles. The first-order valence-electron chi connectivity index (χ1n) is 11.3. The fourth-order valence-corrected chi connectivity index (χ4v) is 4.70. The number of nitrogens with one attached hydrogen (secondary N) is 1. The molecule has 1 unspecified atom stereocenters. The number of hydrogen-bond donors (Lipinski definition) is 2. The number of rotatable bonds is 8. The second kappa shape index (κ2) is 9.97. The van der Waals surface area contributed by atoms with E-state index in [0.29, 0.717) is 12.8 Å². The molecule has 0 bridgehead atoms. The van der Waals surface area contributed by atoms with Gasteiger partial charge in [0.25, 0.3) is 5.91 Å². The van der Waals surface area contributed by atoms with E-state index in [-0.39, 0.29) is 38.0 Å². The van der Waals surface area contributed by atoms with Crippen LogP contribution >= 0.6 is 0 Å². The first-order valence-corrected chi connectivity index (χ1v) is 11.3. The van der Waals surface area contributed by atoms with Crippen LogP contribution in [0, 0.1) is 5.92 Å². The maximum atomic E-state index is 13.6. The molecule has 2 aliphatic rings. The Hall–Kier alpha value is -3.56. The van der Waals surface area contributed by atoms with Crippen molar-refractivity contribution in [3.8, 4) is 11.1 Å². The standard InChI is InChI=1S/C25H25F3N2O5/c26-25(27,28)22(23(33)30-12-15(13-30)6-5-11-21(31)32)29-24(34)35-14-20-18-9-3-1-7-16(18)17-8-2-4-10-19(17)20/h1-4,7-10,15,20,22H,5-6,11-14H2,(H,29,34)(H,31,32). The molecule has 4 rings (SSSR count). The number of carbonyl (C=O) groups excluding carboxylic acids is 2. The number of alkyl carbamates (subject to hydrolysis) is 1. The minimum Gasteiger partial charge on any atom is -0.481 e. The Labute approximate surface area is 199 Å². The lowest BCUT2D eigenvalue weighted by Crippen LogP contribution is -2.61. The minimum atomic E-state index is -4.99. The van der Waals surface area contributed by atoms with E-state index in [2.05, 4.69) is 0 Å². The van der Waals surface area contributed by atoms with Crippen molar-refractivity contribution < 1.29 is 37.4 Å². The lowest BCUT2D eigenvalue weighted by atomic mass is 9.93. The molecule has 2 aromatic carbocycles. The fraction of sp³-hybridized carbons (Fsp3) is 0.400. The van der Waals surface area contributed by atoms with Gasteiger partial charge in [-0.15, -0.1) is 0 Å². The van der Waals surface area contributed by atoms with Gasteiger partial charge < -0.3 is 20.1 Å². The van der Waals surface area contributed by atoms with E-state index in [0.717, 1.165) is 27.2 Å². The van der Waals surface area contributed by atoms with E-state index in [1.807, 2.05) is 48.5 Å². The normalized spacial score (nSPS) is 16.1. The number of fused-ring (bicyclic) bond motifs is 3. The molecule has 0 spiro atoms. The Bertz CT molecular complexity index is 1070. The quantitative estimate of drug-likeness (QED) is 0.579. The zero-order chi connectivity index (χ0) is 25.2. The molecule has 1 aliphatic heterocycles. The van der Waals surface area contributed by atoms with Gasteiger partial charge in [0.2, 0.25) is 6.04 Å². The summed E-state index contributed by atoms with van der Waals surface area (Å²) in [6.45, 7) is 0.0167. The topological polar surface area (TPSA) is 95.9 Å². The predicted molar refractivity (Wildman–Crippen MR) is 120 cm³/mol. The molecule has 2 N–H and O–H groups in total. The van der Waals surface area contributed by atoms with Gasteiger partial charge in [-0.05, 0) is 41.0 Å². The molecule has 1 fully saturated rings. The van der Waals surface area contributed by atoms with Crippen LogP contribution in [-0.4, -0.2) is 59.9 Å².